The summed E-state index contributed by atoms with van der Waals surface area (Å²) in [4.78, 5) is 16.9. The van der Waals surface area contributed by atoms with Crippen molar-refractivity contribution in [3.05, 3.63) is 23.9 Å². The molecule has 0 saturated heterocycles. The Morgan fingerprint density at radius 3 is 2.62 bits per heavy atom. The second-order valence-corrected chi connectivity index (χ2v) is 6.77. The van der Waals surface area contributed by atoms with Gasteiger partial charge >= 0.3 is 5.97 Å². The molecule has 24 heavy (non-hydrogen) atoms. The van der Waals surface area contributed by atoms with Crippen molar-refractivity contribution >= 4 is 23.0 Å². The third-order valence-corrected chi connectivity index (χ3v) is 4.03. The molecule has 2 rings (SSSR count). The minimum atomic E-state index is -2.62. The normalized spacial score (nSPS) is 17.7. The maximum Gasteiger partial charge on any atom is 0.328 e. The third kappa shape index (κ3) is 4.21. The lowest BCUT2D eigenvalue weighted by Gasteiger charge is -2.44. The van der Waals surface area contributed by atoms with Crippen LogP contribution >= 0.6 is 0 Å². The van der Waals surface area contributed by atoms with Crippen LogP contribution in [-0.2, 0) is 4.79 Å². The van der Waals surface area contributed by atoms with Crippen molar-refractivity contribution in [3.63, 3.8) is 0 Å². The lowest BCUT2D eigenvalue weighted by atomic mass is 9.86. The number of nitrogens with zero attached hydrogens (tertiary/aromatic N) is 2. The molecule has 132 valence electrons. The Hall–Kier alpha value is -2.18. The van der Waals surface area contributed by atoms with Crippen molar-refractivity contribution in [2.75, 3.05) is 17.2 Å². The molecule has 1 saturated carbocycles. The molecule has 0 aromatic carbocycles. The molecule has 0 atom stereocenters. The summed E-state index contributed by atoms with van der Waals surface area (Å²) in [6.45, 7) is 6.26. The predicted molar refractivity (Wildman–Crippen MR) is 90.1 cm³/mol. The van der Waals surface area contributed by atoms with Gasteiger partial charge in [0.15, 0.2) is 5.82 Å². The minimum Gasteiger partial charge on any atom is -0.478 e. The highest BCUT2D eigenvalue weighted by Crippen LogP contribution is 2.43. The SMILES string of the molecule is C/C(=C/C(=O)O)c1cnc(N(CC(C)C)C2CC(F)(F)C2)c(N)c1. The molecule has 1 aromatic rings. The maximum atomic E-state index is 13.3. The lowest BCUT2D eigenvalue weighted by Crippen LogP contribution is -2.52. The number of carboxylic acids is 1. The summed E-state index contributed by atoms with van der Waals surface area (Å²) >= 11 is 0. The first kappa shape index (κ1) is 18.2. The van der Waals surface area contributed by atoms with E-state index in [1.54, 1.807) is 13.0 Å². The van der Waals surface area contributed by atoms with Crippen LogP contribution in [0.25, 0.3) is 5.57 Å². The van der Waals surface area contributed by atoms with Gasteiger partial charge in [0.2, 0.25) is 0 Å². The quantitative estimate of drug-likeness (QED) is 0.777. The average Bonchev–Trinajstić information content (AvgIpc) is 2.41. The maximum absolute atomic E-state index is 13.3. The van der Waals surface area contributed by atoms with E-state index < -0.39 is 11.9 Å². The number of pyridine rings is 1. The van der Waals surface area contributed by atoms with Crippen molar-refractivity contribution in [1.29, 1.82) is 0 Å². The fraction of sp³-hybridized carbons (Fsp3) is 0.529. The first-order valence-corrected chi connectivity index (χ1v) is 7.90. The zero-order valence-electron chi connectivity index (χ0n) is 14.1. The van der Waals surface area contributed by atoms with Crippen LogP contribution in [0, 0.1) is 5.92 Å². The molecule has 0 aliphatic heterocycles. The summed E-state index contributed by atoms with van der Waals surface area (Å²) in [5.74, 6) is -2.91. The lowest BCUT2D eigenvalue weighted by molar-refractivity contribution is -0.131. The second kappa shape index (κ2) is 6.75. The summed E-state index contributed by atoms with van der Waals surface area (Å²) in [6, 6.07) is 1.36. The molecule has 1 heterocycles. The number of rotatable bonds is 6. The number of nitrogen functional groups attached to an aromatic ring is 1. The van der Waals surface area contributed by atoms with Gasteiger partial charge in [0, 0.05) is 37.7 Å². The molecule has 1 fully saturated rings. The Bertz CT molecular complexity index is 651. The summed E-state index contributed by atoms with van der Waals surface area (Å²) in [7, 11) is 0. The number of alkyl halides is 2. The molecule has 7 heteroatoms. The van der Waals surface area contributed by atoms with Crippen molar-refractivity contribution < 1.29 is 18.7 Å². The molecule has 5 nitrogen and oxygen atoms in total. The molecular formula is C17H23F2N3O2. The van der Waals surface area contributed by atoms with Crippen LogP contribution in [0.3, 0.4) is 0 Å². The van der Waals surface area contributed by atoms with Crippen molar-refractivity contribution in [3.8, 4) is 0 Å². The van der Waals surface area contributed by atoms with Crippen molar-refractivity contribution in [2.45, 2.75) is 45.6 Å². The third-order valence-electron chi connectivity index (χ3n) is 4.03. The summed E-state index contributed by atoms with van der Waals surface area (Å²) in [6.07, 6.45) is 2.22. The largest absolute Gasteiger partial charge is 0.478 e. The van der Waals surface area contributed by atoms with Gasteiger partial charge in [-0.1, -0.05) is 13.8 Å². The Morgan fingerprint density at radius 2 is 2.17 bits per heavy atom. The van der Waals surface area contributed by atoms with Gasteiger partial charge in [-0.25, -0.2) is 18.6 Å². The van der Waals surface area contributed by atoms with Gasteiger partial charge in [0.05, 0.1) is 5.69 Å². The molecule has 0 unspecified atom stereocenters. The van der Waals surface area contributed by atoms with Gasteiger partial charge in [0.1, 0.15) is 0 Å². The van der Waals surface area contributed by atoms with E-state index in [1.807, 2.05) is 18.7 Å². The van der Waals surface area contributed by atoms with E-state index in [9.17, 15) is 13.6 Å². The van der Waals surface area contributed by atoms with E-state index in [4.69, 9.17) is 10.8 Å². The molecule has 0 radical (unpaired) electrons. The number of carboxylic acid groups (broad SMARTS) is 1. The van der Waals surface area contributed by atoms with Crippen LogP contribution in [0.2, 0.25) is 0 Å². The average molecular weight is 339 g/mol. The summed E-state index contributed by atoms with van der Waals surface area (Å²) < 4.78 is 26.5. The number of allylic oxidation sites excluding steroid dienone is 1. The highest BCUT2D eigenvalue weighted by molar-refractivity contribution is 5.90. The van der Waals surface area contributed by atoms with Gasteiger partial charge < -0.3 is 15.7 Å². The van der Waals surface area contributed by atoms with Crippen LogP contribution in [0.15, 0.2) is 18.3 Å². The van der Waals surface area contributed by atoms with Crippen LogP contribution in [0.4, 0.5) is 20.3 Å². The fourth-order valence-electron chi connectivity index (χ4n) is 2.85. The van der Waals surface area contributed by atoms with Gasteiger partial charge in [0.25, 0.3) is 5.92 Å². The van der Waals surface area contributed by atoms with E-state index in [0.717, 1.165) is 6.08 Å². The highest BCUT2D eigenvalue weighted by Gasteiger charge is 2.48. The van der Waals surface area contributed by atoms with Crippen LogP contribution < -0.4 is 10.6 Å². The van der Waals surface area contributed by atoms with Crippen LogP contribution in [-0.4, -0.2) is 34.6 Å². The minimum absolute atomic E-state index is 0.194. The smallest absolute Gasteiger partial charge is 0.328 e. The second-order valence-electron chi connectivity index (χ2n) is 6.77. The monoisotopic (exact) mass is 339 g/mol. The molecule has 1 aromatic heterocycles. The van der Waals surface area contributed by atoms with E-state index in [1.165, 1.54) is 6.20 Å². The van der Waals surface area contributed by atoms with Gasteiger partial charge in [-0.15, -0.1) is 0 Å². The van der Waals surface area contributed by atoms with E-state index in [0.29, 0.717) is 29.2 Å². The number of anilines is 2. The van der Waals surface area contributed by atoms with Crippen molar-refractivity contribution in [1.82, 2.24) is 4.98 Å². The molecule has 0 bridgehead atoms. The van der Waals surface area contributed by atoms with Gasteiger partial charge in [-0.05, 0) is 30.0 Å². The first-order chi connectivity index (χ1) is 11.1. The molecule has 0 amide bonds. The summed E-state index contributed by atoms with van der Waals surface area (Å²) in [5, 5.41) is 8.81. The van der Waals surface area contributed by atoms with Crippen LogP contribution in [0.5, 0.6) is 0 Å². The molecule has 3 N–H and O–H groups in total. The fourth-order valence-corrected chi connectivity index (χ4v) is 2.85. The van der Waals surface area contributed by atoms with E-state index >= 15 is 0 Å². The Balaban J connectivity index is 2.29. The Kier molecular flexibility index (Phi) is 5.11. The number of halogens is 2. The number of aliphatic carboxylic acids is 1. The van der Waals surface area contributed by atoms with Crippen molar-refractivity contribution in [2.24, 2.45) is 5.92 Å². The number of carbonyl (C=O) groups is 1. The number of aromatic nitrogens is 1. The van der Waals surface area contributed by atoms with Crippen LogP contribution in [0.1, 0.15) is 39.2 Å². The van der Waals surface area contributed by atoms with Gasteiger partial charge in [-0.2, -0.15) is 0 Å². The van der Waals surface area contributed by atoms with Gasteiger partial charge in [-0.3, -0.25) is 0 Å². The highest BCUT2D eigenvalue weighted by atomic mass is 19.3. The zero-order valence-corrected chi connectivity index (χ0v) is 14.1. The Labute approximate surface area is 140 Å². The number of hydrogen-bond donors (Lipinski definition) is 2. The zero-order chi connectivity index (χ0) is 18.1. The number of hydrogen-bond acceptors (Lipinski definition) is 4. The standard InChI is InChI=1S/C17H23F2N3O2/c1-10(2)9-22(13-6-17(18,19)7-13)16-14(20)5-12(8-21-16)11(3)4-15(23)24/h4-5,8,10,13H,6-7,9,20H2,1-3H3,(H,23,24)/b11-4-. The first-order valence-electron chi connectivity index (χ1n) is 7.90. The van der Waals surface area contributed by atoms with E-state index in [-0.39, 0.29) is 24.8 Å². The summed E-state index contributed by atoms with van der Waals surface area (Å²) in [5.41, 5.74) is 7.57. The molecular weight excluding hydrogens is 316 g/mol. The molecule has 0 spiro atoms. The Morgan fingerprint density at radius 1 is 1.54 bits per heavy atom. The number of nitrogens with two attached hydrogens (primary N) is 1. The van der Waals surface area contributed by atoms with E-state index in [2.05, 4.69) is 4.98 Å². The topological polar surface area (TPSA) is 79.5 Å². The predicted octanol–water partition coefficient (Wildman–Crippen LogP) is 3.41. The molecule has 1 aliphatic carbocycles. The molecule has 1 aliphatic rings.